The van der Waals surface area contributed by atoms with Crippen LogP contribution in [0.3, 0.4) is 0 Å². The summed E-state index contributed by atoms with van der Waals surface area (Å²) in [6.07, 6.45) is 0.300. The number of hydrogen-bond donors (Lipinski definition) is 1. The van der Waals surface area contributed by atoms with Crippen LogP contribution in [0.2, 0.25) is 0 Å². The van der Waals surface area contributed by atoms with Crippen molar-refractivity contribution in [1.29, 1.82) is 5.26 Å². The number of anilines is 1. The number of nitrogen functional groups attached to an aromatic ring is 1. The van der Waals surface area contributed by atoms with Gasteiger partial charge in [-0.25, -0.2) is 9.48 Å². The van der Waals surface area contributed by atoms with Crippen molar-refractivity contribution in [3.63, 3.8) is 0 Å². The molecule has 0 atom stereocenters. The van der Waals surface area contributed by atoms with Crippen molar-refractivity contribution in [1.82, 2.24) is 9.78 Å². The van der Waals surface area contributed by atoms with E-state index in [1.165, 1.54) is 10.7 Å². The van der Waals surface area contributed by atoms with Crippen LogP contribution in [0.4, 0.5) is 5.82 Å². The molecule has 0 saturated heterocycles. The molecule has 0 spiro atoms. The first-order valence-electron chi connectivity index (χ1n) is 4.56. The zero-order valence-electron chi connectivity index (χ0n) is 8.43. The van der Waals surface area contributed by atoms with Gasteiger partial charge in [-0.1, -0.05) is 0 Å². The average molecular weight is 208 g/mol. The normalized spacial score (nSPS) is 9.60. The minimum absolute atomic E-state index is 0.173. The van der Waals surface area contributed by atoms with Crippen molar-refractivity contribution in [2.45, 2.75) is 19.9 Å². The maximum absolute atomic E-state index is 11.3. The third kappa shape index (κ3) is 2.71. The quantitative estimate of drug-likeness (QED) is 0.729. The number of nitrogens with two attached hydrogens (primary N) is 1. The highest BCUT2D eigenvalue weighted by Crippen LogP contribution is 2.08. The molecule has 6 heteroatoms. The summed E-state index contributed by atoms with van der Waals surface area (Å²) < 4.78 is 6.18. The van der Waals surface area contributed by atoms with Crippen LogP contribution in [0.15, 0.2) is 6.07 Å². The van der Waals surface area contributed by atoms with Gasteiger partial charge in [-0.15, -0.1) is 0 Å². The van der Waals surface area contributed by atoms with E-state index in [1.54, 1.807) is 6.92 Å². The zero-order valence-corrected chi connectivity index (χ0v) is 8.43. The number of carbonyl (C=O) groups excluding carboxylic acids is 1. The summed E-state index contributed by atoms with van der Waals surface area (Å²) in [6.45, 7) is 2.39. The number of aryl methyl sites for hydroxylation is 1. The number of ether oxygens (including phenoxy) is 1. The Balaban J connectivity index is 2.77. The second-order valence-electron chi connectivity index (χ2n) is 2.81. The number of esters is 1. The highest BCUT2D eigenvalue weighted by Gasteiger charge is 2.13. The summed E-state index contributed by atoms with van der Waals surface area (Å²) in [7, 11) is 0. The van der Waals surface area contributed by atoms with Gasteiger partial charge >= 0.3 is 5.97 Å². The van der Waals surface area contributed by atoms with Crippen molar-refractivity contribution in [2.75, 3.05) is 12.3 Å². The molecule has 0 fully saturated rings. The molecule has 0 aliphatic carbocycles. The molecular weight excluding hydrogens is 196 g/mol. The number of nitrogens with zero attached hydrogens (tertiary/aromatic N) is 3. The second-order valence-corrected chi connectivity index (χ2v) is 2.81. The van der Waals surface area contributed by atoms with Gasteiger partial charge in [0.25, 0.3) is 0 Å². The minimum atomic E-state index is -0.500. The van der Waals surface area contributed by atoms with Gasteiger partial charge in [0.05, 0.1) is 25.6 Å². The van der Waals surface area contributed by atoms with Crippen LogP contribution in [-0.2, 0) is 11.3 Å². The van der Waals surface area contributed by atoms with Crippen LogP contribution in [0.5, 0.6) is 0 Å². The van der Waals surface area contributed by atoms with Crippen molar-refractivity contribution in [2.24, 2.45) is 0 Å². The van der Waals surface area contributed by atoms with Gasteiger partial charge in [0.1, 0.15) is 5.82 Å². The first-order valence-corrected chi connectivity index (χ1v) is 4.56. The third-order valence-electron chi connectivity index (χ3n) is 1.73. The molecule has 1 rings (SSSR count). The maximum atomic E-state index is 11.3. The molecule has 1 aromatic heterocycles. The smallest absolute Gasteiger partial charge is 0.358 e. The summed E-state index contributed by atoms with van der Waals surface area (Å²) >= 11 is 0. The van der Waals surface area contributed by atoms with E-state index < -0.39 is 5.97 Å². The predicted molar refractivity (Wildman–Crippen MR) is 52.8 cm³/mol. The molecule has 0 aliphatic heterocycles. The highest BCUT2D eigenvalue weighted by atomic mass is 16.5. The van der Waals surface area contributed by atoms with Gasteiger partial charge in [0.15, 0.2) is 5.69 Å². The van der Waals surface area contributed by atoms with Gasteiger partial charge < -0.3 is 10.5 Å². The molecule has 0 radical (unpaired) electrons. The number of aromatic nitrogens is 2. The van der Waals surface area contributed by atoms with Crippen LogP contribution in [0.25, 0.3) is 0 Å². The molecule has 6 nitrogen and oxygen atoms in total. The Morgan fingerprint density at radius 2 is 2.53 bits per heavy atom. The molecule has 1 aromatic rings. The van der Waals surface area contributed by atoms with E-state index in [2.05, 4.69) is 5.10 Å². The zero-order chi connectivity index (χ0) is 11.3. The van der Waals surface area contributed by atoms with E-state index in [4.69, 9.17) is 15.7 Å². The van der Waals surface area contributed by atoms with Crippen molar-refractivity contribution < 1.29 is 9.53 Å². The van der Waals surface area contributed by atoms with E-state index in [-0.39, 0.29) is 5.69 Å². The van der Waals surface area contributed by atoms with Crippen LogP contribution < -0.4 is 5.73 Å². The Bertz CT molecular complexity index is 391. The van der Waals surface area contributed by atoms with Crippen LogP contribution in [-0.4, -0.2) is 22.4 Å². The Morgan fingerprint density at radius 3 is 3.13 bits per heavy atom. The molecule has 0 amide bonds. The Labute approximate surface area is 87.2 Å². The van der Waals surface area contributed by atoms with Crippen LogP contribution >= 0.6 is 0 Å². The van der Waals surface area contributed by atoms with E-state index in [0.29, 0.717) is 25.4 Å². The lowest BCUT2D eigenvalue weighted by molar-refractivity contribution is 0.0518. The molecule has 0 aliphatic rings. The molecule has 2 N–H and O–H groups in total. The summed E-state index contributed by atoms with van der Waals surface area (Å²) in [5, 5.41) is 12.3. The largest absolute Gasteiger partial charge is 0.461 e. The lowest BCUT2D eigenvalue weighted by Gasteiger charge is -1.98. The fraction of sp³-hybridized carbons (Fsp3) is 0.444. The molecular formula is C9H12N4O2. The van der Waals surface area contributed by atoms with Gasteiger partial charge in [-0.05, 0) is 6.92 Å². The van der Waals surface area contributed by atoms with Crippen molar-refractivity contribution in [3.05, 3.63) is 11.8 Å². The molecule has 15 heavy (non-hydrogen) atoms. The number of rotatable bonds is 4. The Morgan fingerprint density at radius 1 is 1.80 bits per heavy atom. The number of nitriles is 1. The summed E-state index contributed by atoms with van der Waals surface area (Å²) in [6, 6.07) is 3.41. The van der Waals surface area contributed by atoms with Crippen molar-refractivity contribution in [3.8, 4) is 6.07 Å². The van der Waals surface area contributed by atoms with E-state index >= 15 is 0 Å². The summed E-state index contributed by atoms with van der Waals surface area (Å²) in [5.41, 5.74) is 5.77. The van der Waals surface area contributed by atoms with Crippen LogP contribution in [0, 0.1) is 11.3 Å². The molecule has 0 unspecified atom stereocenters. The lowest BCUT2D eigenvalue weighted by Crippen LogP contribution is -2.08. The molecule has 0 bridgehead atoms. The van der Waals surface area contributed by atoms with Gasteiger partial charge in [-0.3, -0.25) is 0 Å². The lowest BCUT2D eigenvalue weighted by atomic mass is 10.4. The second kappa shape index (κ2) is 5.00. The SMILES string of the molecule is CCOC(=O)c1cc(N)n(CCC#N)n1. The fourth-order valence-electron chi connectivity index (χ4n) is 1.07. The van der Waals surface area contributed by atoms with E-state index in [9.17, 15) is 4.79 Å². The first kappa shape index (κ1) is 11.0. The number of hydrogen-bond acceptors (Lipinski definition) is 5. The predicted octanol–water partition coefficient (Wildman–Crippen LogP) is 0.556. The van der Waals surface area contributed by atoms with Gasteiger partial charge in [0.2, 0.25) is 0 Å². The Kier molecular flexibility index (Phi) is 3.68. The van der Waals surface area contributed by atoms with Crippen molar-refractivity contribution >= 4 is 11.8 Å². The molecule has 0 aromatic carbocycles. The molecule has 80 valence electrons. The Hall–Kier alpha value is -2.03. The van der Waals surface area contributed by atoms with E-state index in [1.807, 2.05) is 6.07 Å². The van der Waals surface area contributed by atoms with Gasteiger partial charge in [0, 0.05) is 6.07 Å². The molecule has 0 saturated carbocycles. The third-order valence-corrected chi connectivity index (χ3v) is 1.73. The average Bonchev–Trinajstić information content (AvgIpc) is 2.57. The number of carbonyl (C=O) groups is 1. The minimum Gasteiger partial charge on any atom is -0.461 e. The highest BCUT2D eigenvalue weighted by molar-refractivity contribution is 5.88. The standard InChI is InChI=1S/C9H12N4O2/c1-2-15-9(14)7-6-8(11)13(12-7)5-3-4-10/h6H,2-3,5,11H2,1H3. The monoisotopic (exact) mass is 208 g/mol. The maximum Gasteiger partial charge on any atom is 0.358 e. The fourth-order valence-corrected chi connectivity index (χ4v) is 1.07. The molecule has 1 heterocycles. The first-order chi connectivity index (χ1) is 7.19. The van der Waals surface area contributed by atoms with E-state index in [0.717, 1.165) is 0 Å². The summed E-state index contributed by atoms with van der Waals surface area (Å²) in [5.74, 6) is -0.145. The summed E-state index contributed by atoms with van der Waals surface area (Å²) in [4.78, 5) is 11.3. The van der Waals surface area contributed by atoms with Gasteiger partial charge in [-0.2, -0.15) is 10.4 Å². The van der Waals surface area contributed by atoms with Crippen LogP contribution in [0.1, 0.15) is 23.8 Å². The topological polar surface area (TPSA) is 93.9 Å².